The number of anilines is 1. The predicted molar refractivity (Wildman–Crippen MR) is 117 cm³/mol. The summed E-state index contributed by atoms with van der Waals surface area (Å²) in [5.41, 5.74) is 4.55. The molecule has 3 aromatic rings. The molecular weight excluding hydrogens is 412 g/mol. The molecule has 0 fully saturated rings. The van der Waals surface area contributed by atoms with Gasteiger partial charge in [-0.05, 0) is 29.2 Å². The lowest BCUT2D eigenvalue weighted by Gasteiger charge is -2.18. The monoisotopic (exact) mass is 434 g/mol. The Morgan fingerprint density at radius 2 is 1.66 bits per heavy atom. The lowest BCUT2D eigenvalue weighted by atomic mass is 9.98. The summed E-state index contributed by atoms with van der Waals surface area (Å²) in [7, 11) is 0. The van der Waals surface area contributed by atoms with Gasteiger partial charge in [0.25, 0.3) is 5.91 Å². The van der Waals surface area contributed by atoms with Crippen LogP contribution in [0.25, 0.3) is 11.1 Å². The Balaban J connectivity index is 1.45. The zero-order valence-corrected chi connectivity index (χ0v) is 17.4. The van der Waals surface area contributed by atoms with Crippen LogP contribution in [-0.4, -0.2) is 47.7 Å². The summed E-state index contributed by atoms with van der Waals surface area (Å²) in [6.45, 7) is 1.49. The van der Waals surface area contributed by atoms with Crippen molar-refractivity contribution in [3.05, 3.63) is 77.7 Å². The Labute approximate surface area is 184 Å². The molecule has 0 saturated carbocycles. The summed E-state index contributed by atoms with van der Waals surface area (Å²) < 4.78 is 10.7. The average Bonchev–Trinajstić information content (AvgIpc) is 3.38. The van der Waals surface area contributed by atoms with Gasteiger partial charge in [-0.3, -0.25) is 14.9 Å². The van der Waals surface area contributed by atoms with Gasteiger partial charge in [0.05, 0.1) is 12.0 Å². The van der Waals surface area contributed by atoms with Crippen LogP contribution in [0.4, 0.5) is 10.5 Å². The SMILES string of the molecule is CCN(CC(=O)O)C(=O)c1occc1NC(=O)OCC1c2ccccc2-c2ccccc21. The number of carboxylic acids is 1. The van der Waals surface area contributed by atoms with E-state index in [9.17, 15) is 14.4 Å². The minimum atomic E-state index is -1.14. The van der Waals surface area contributed by atoms with Crippen LogP contribution in [0.5, 0.6) is 0 Å². The molecule has 1 heterocycles. The van der Waals surface area contributed by atoms with Crippen molar-refractivity contribution < 1.29 is 28.6 Å². The summed E-state index contributed by atoms with van der Waals surface area (Å²) in [4.78, 5) is 37.2. The number of ether oxygens (including phenoxy) is 1. The van der Waals surface area contributed by atoms with Crippen molar-refractivity contribution in [2.75, 3.05) is 25.0 Å². The molecule has 0 unspecified atom stereocenters. The summed E-state index contributed by atoms with van der Waals surface area (Å²) in [5, 5.41) is 11.5. The van der Waals surface area contributed by atoms with E-state index in [2.05, 4.69) is 5.32 Å². The first-order chi connectivity index (χ1) is 15.5. The highest BCUT2D eigenvalue weighted by molar-refractivity contribution is 6.01. The Hall–Kier alpha value is -4.07. The summed E-state index contributed by atoms with van der Waals surface area (Å²) in [5.74, 6) is -2.02. The molecule has 0 spiro atoms. The van der Waals surface area contributed by atoms with Crippen molar-refractivity contribution in [1.82, 2.24) is 4.90 Å². The van der Waals surface area contributed by atoms with Gasteiger partial charge in [-0.25, -0.2) is 4.79 Å². The van der Waals surface area contributed by atoms with Gasteiger partial charge < -0.3 is 19.2 Å². The van der Waals surface area contributed by atoms with Crippen molar-refractivity contribution in [3.8, 4) is 11.1 Å². The molecule has 0 bridgehead atoms. The lowest BCUT2D eigenvalue weighted by Crippen LogP contribution is -2.35. The molecule has 1 aliphatic carbocycles. The second kappa shape index (κ2) is 8.97. The molecule has 2 aromatic carbocycles. The third-order valence-electron chi connectivity index (χ3n) is 5.43. The van der Waals surface area contributed by atoms with Gasteiger partial charge in [-0.15, -0.1) is 0 Å². The minimum Gasteiger partial charge on any atom is -0.480 e. The number of carbonyl (C=O) groups excluding carboxylic acids is 2. The van der Waals surface area contributed by atoms with Crippen molar-refractivity contribution in [1.29, 1.82) is 0 Å². The van der Waals surface area contributed by atoms with E-state index in [1.54, 1.807) is 6.92 Å². The molecule has 32 heavy (non-hydrogen) atoms. The number of rotatable bonds is 7. The molecule has 0 aliphatic heterocycles. The zero-order chi connectivity index (χ0) is 22.7. The van der Waals surface area contributed by atoms with Gasteiger partial charge in [0, 0.05) is 18.5 Å². The van der Waals surface area contributed by atoms with Crippen LogP contribution in [-0.2, 0) is 9.53 Å². The number of hydrogen-bond acceptors (Lipinski definition) is 5. The maximum absolute atomic E-state index is 12.6. The van der Waals surface area contributed by atoms with Crippen LogP contribution in [0.1, 0.15) is 34.5 Å². The van der Waals surface area contributed by atoms with Crippen LogP contribution in [0.15, 0.2) is 65.3 Å². The van der Waals surface area contributed by atoms with E-state index < -0.39 is 24.5 Å². The highest BCUT2D eigenvalue weighted by Gasteiger charge is 2.29. The molecule has 0 saturated heterocycles. The number of carboxylic acid groups (broad SMARTS) is 1. The van der Waals surface area contributed by atoms with Gasteiger partial charge in [0.1, 0.15) is 13.2 Å². The van der Waals surface area contributed by atoms with E-state index in [1.807, 2.05) is 48.5 Å². The van der Waals surface area contributed by atoms with E-state index in [-0.39, 0.29) is 30.5 Å². The van der Waals surface area contributed by atoms with E-state index in [0.717, 1.165) is 27.2 Å². The summed E-state index contributed by atoms with van der Waals surface area (Å²) >= 11 is 0. The maximum atomic E-state index is 12.6. The van der Waals surface area contributed by atoms with Crippen molar-refractivity contribution >= 4 is 23.7 Å². The van der Waals surface area contributed by atoms with E-state index in [4.69, 9.17) is 14.3 Å². The quantitative estimate of drug-likeness (QED) is 0.577. The topological polar surface area (TPSA) is 109 Å². The van der Waals surface area contributed by atoms with Gasteiger partial charge >= 0.3 is 12.1 Å². The van der Waals surface area contributed by atoms with Crippen LogP contribution in [0.2, 0.25) is 0 Å². The number of nitrogens with zero attached hydrogens (tertiary/aromatic N) is 1. The van der Waals surface area contributed by atoms with Crippen LogP contribution in [0.3, 0.4) is 0 Å². The largest absolute Gasteiger partial charge is 0.480 e. The van der Waals surface area contributed by atoms with Crippen molar-refractivity contribution in [3.63, 3.8) is 0 Å². The standard InChI is InChI=1S/C24H22N2O6/c1-2-26(13-21(27)28)23(29)22-20(11-12-31-22)25-24(30)32-14-19-17-9-5-3-7-15(17)16-8-4-6-10-18(16)19/h3-12,19H,2,13-14H2,1H3,(H,25,30)(H,27,28). The fourth-order valence-electron chi connectivity index (χ4n) is 3.95. The number of benzene rings is 2. The van der Waals surface area contributed by atoms with Gasteiger partial charge in [-0.2, -0.15) is 0 Å². The molecule has 4 rings (SSSR count). The summed E-state index contributed by atoms with van der Waals surface area (Å²) in [6.07, 6.45) is 0.518. The Kier molecular flexibility index (Phi) is 5.93. The summed E-state index contributed by atoms with van der Waals surface area (Å²) in [6, 6.07) is 17.4. The highest BCUT2D eigenvalue weighted by Crippen LogP contribution is 2.44. The second-order valence-electron chi connectivity index (χ2n) is 7.33. The normalized spacial score (nSPS) is 12.0. The first-order valence-electron chi connectivity index (χ1n) is 10.2. The molecule has 0 atom stereocenters. The molecule has 8 nitrogen and oxygen atoms in total. The second-order valence-corrected chi connectivity index (χ2v) is 7.33. The Morgan fingerprint density at radius 1 is 1.03 bits per heavy atom. The molecule has 164 valence electrons. The van der Waals surface area contributed by atoms with Crippen LogP contribution in [0, 0.1) is 0 Å². The fraction of sp³-hybridized carbons (Fsp3) is 0.208. The number of aliphatic carboxylic acids is 1. The zero-order valence-electron chi connectivity index (χ0n) is 17.4. The van der Waals surface area contributed by atoms with Gasteiger partial charge in [-0.1, -0.05) is 48.5 Å². The number of furan rings is 1. The maximum Gasteiger partial charge on any atom is 0.411 e. The number of hydrogen-bond donors (Lipinski definition) is 2. The molecule has 1 aromatic heterocycles. The molecule has 2 amide bonds. The number of nitrogens with one attached hydrogen (secondary N) is 1. The minimum absolute atomic E-state index is 0.0928. The third kappa shape index (κ3) is 4.07. The smallest absolute Gasteiger partial charge is 0.411 e. The van der Waals surface area contributed by atoms with Crippen LogP contribution >= 0.6 is 0 Å². The number of carbonyl (C=O) groups is 3. The van der Waals surface area contributed by atoms with Gasteiger partial charge in [0.15, 0.2) is 0 Å². The lowest BCUT2D eigenvalue weighted by molar-refractivity contribution is -0.137. The number of fused-ring (bicyclic) bond motifs is 3. The first kappa shape index (κ1) is 21.2. The third-order valence-corrected chi connectivity index (χ3v) is 5.43. The molecule has 2 N–H and O–H groups in total. The highest BCUT2D eigenvalue weighted by atomic mass is 16.5. The Bertz CT molecular complexity index is 1120. The Morgan fingerprint density at radius 3 is 2.25 bits per heavy atom. The molecule has 8 heteroatoms. The van der Waals surface area contributed by atoms with E-state index >= 15 is 0 Å². The fourth-order valence-corrected chi connectivity index (χ4v) is 3.95. The molecule has 0 radical (unpaired) electrons. The molecular formula is C24H22N2O6. The van der Waals surface area contributed by atoms with E-state index in [1.165, 1.54) is 12.3 Å². The van der Waals surface area contributed by atoms with Crippen molar-refractivity contribution in [2.45, 2.75) is 12.8 Å². The predicted octanol–water partition coefficient (Wildman–Crippen LogP) is 4.19. The van der Waals surface area contributed by atoms with E-state index in [0.29, 0.717) is 0 Å². The number of amides is 2. The number of likely N-dealkylation sites (N-methyl/N-ethyl adjacent to an activating group) is 1. The van der Waals surface area contributed by atoms with Gasteiger partial charge in [0.2, 0.25) is 5.76 Å². The van der Waals surface area contributed by atoms with Crippen LogP contribution < -0.4 is 5.32 Å². The molecule has 1 aliphatic rings. The first-order valence-corrected chi connectivity index (χ1v) is 10.2. The van der Waals surface area contributed by atoms with Crippen molar-refractivity contribution in [2.24, 2.45) is 0 Å². The average molecular weight is 434 g/mol.